The Labute approximate surface area is 85.5 Å². The van der Waals surface area contributed by atoms with Crippen LogP contribution in [-0.2, 0) is 6.54 Å². The van der Waals surface area contributed by atoms with Gasteiger partial charge >= 0.3 is 0 Å². The largest absolute Gasteiger partial charge is 0.383 e. The molecule has 0 spiro atoms. The lowest BCUT2D eigenvalue weighted by molar-refractivity contribution is 0.679. The van der Waals surface area contributed by atoms with Gasteiger partial charge in [-0.05, 0) is 24.1 Å². The van der Waals surface area contributed by atoms with Crippen molar-refractivity contribution < 1.29 is 0 Å². The van der Waals surface area contributed by atoms with Gasteiger partial charge in [0, 0.05) is 24.8 Å². The highest BCUT2D eigenvalue weighted by Gasteiger charge is 1.98. The van der Waals surface area contributed by atoms with Gasteiger partial charge in [-0.2, -0.15) is 0 Å². The van der Waals surface area contributed by atoms with E-state index in [4.69, 9.17) is 11.5 Å². The minimum absolute atomic E-state index is 0.219. The first-order valence-corrected chi connectivity index (χ1v) is 5.04. The molecular formula is C11H19N3. The van der Waals surface area contributed by atoms with E-state index in [1.165, 1.54) is 0 Å². The molecule has 3 heteroatoms. The Morgan fingerprint density at radius 1 is 1.43 bits per heavy atom. The Bertz CT molecular complexity index is 273. The zero-order chi connectivity index (χ0) is 10.4. The molecule has 0 amide bonds. The fraction of sp³-hybridized carbons (Fsp3) is 0.455. The molecule has 78 valence electrons. The van der Waals surface area contributed by atoms with Gasteiger partial charge in [-0.1, -0.05) is 19.1 Å². The number of rotatable bonds is 5. The summed E-state index contributed by atoms with van der Waals surface area (Å²) in [6, 6.07) is 8.33. The molecule has 0 aliphatic carbocycles. The summed E-state index contributed by atoms with van der Waals surface area (Å²) in [5.41, 5.74) is 13.6. The minimum atomic E-state index is 0.219. The van der Waals surface area contributed by atoms with Crippen LogP contribution in [-0.4, -0.2) is 12.6 Å². The molecule has 0 aromatic heterocycles. The van der Waals surface area contributed by atoms with Gasteiger partial charge in [0.15, 0.2) is 0 Å². The van der Waals surface area contributed by atoms with E-state index in [2.05, 4.69) is 18.3 Å². The third-order valence-electron chi connectivity index (χ3n) is 2.26. The average molecular weight is 193 g/mol. The summed E-state index contributed by atoms with van der Waals surface area (Å²) in [5, 5.41) is 3.29. The Morgan fingerprint density at radius 2 is 2.21 bits per heavy atom. The van der Waals surface area contributed by atoms with Gasteiger partial charge < -0.3 is 16.8 Å². The predicted molar refractivity (Wildman–Crippen MR) is 61.1 cm³/mol. The lowest BCUT2D eigenvalue weighted by atomic mass is 10.2. The van der Waals surface area contributed by atoms with Crippen molar-refractivity contribution in [3.05, 3.63) is 29.8 Å². The number of nitrogens with one attached hydrogen (secondary N) is 1. The summed E-state index contributed by atoms with van der Waals surface area (Å²) in [4.78, 5) is 0. The van der Waals surface area contributed by atoms with Crippen molar-refractivity contribution in [1.82, 2.24) is 0 Å². The summed E-state index contributed by atoms with van der Waals surface area (Å²) in [7, 11) is 0. The first kappa shape index (κ1) is 11.0. The van der Waals surface area contributed by atoms with Crippen LogP contribution in [0.5, 0.6) is 0 Å². The molecule has 0 bridgehead atoms. The smallest absolute Gasteiger partial charge is 0.0343 e. The van der Waals surface area contributed by atoms with Crippen LogP contribution in [0.25, 0.3) is 0 Å². The Morgan fingerprint density at radius 3 is 2.86 bits per heavy atom. The van der Waals surface area contributed by atoms with Crippen LogP contribution < -0.4 is 16.8 Å². The molecule has 0 fully saturated rings. The van der Waals surface area contributed by atoms with E-state index in [0.717, 1.165) is 24.2 Å². The molecule has 0 saturated carbocycles. The fourth-order valence-electron chi connectivity index (χ4n) is 1.20. The predicted octanol–water partition coefficient (Wildman–Crippen LogP) is 1.29. The topological polar surface area (TPSA) is 64.1 Å². The molecule has 1 rings (SSSR count). The second kappa shape index (κ2) is 5.62. The number of anilines is 1. The monoisotopic (exact) mass is 193 g/mol. The van der Waals surface area contributed by atoms with E-state index in [1.807, 2.05) is 18.2 Å². The molecule has 1 atom stereocenters. The van der Waals surface area contributed by atoms with Crippen LogP contribution in [0.2, 0.25) is 0 Å². The summed E-state index contributed by atoms with van der Waals surface area (Å²) in [6.07, 6.45) is 0.990. The van der Waals surface area contributed by atoms with Crippen molar-refractivity contribution in [3.8, 4) is 0 Å². The van der Waals surface area contributed by atoms with Crippen molar-refractivity contribution in [3.63, 3.8) is 0 Å². The fourth-order valence-corrected chi connectivity index (χ4v) is 1.20. The highest BCUT2D eigenvalue weighted by molar-refractivity contribution is 5.45. The molecule has 0 radical (unpaired) electrons. The second-order valence-corrected chi connectivity index (χ2v) is 3.45. The number of nitrogens with two attached hydrogens (primary N) is 2. The van der Waals surface area contributed by atoms with Crippen LogP contribution in [0, 0.1) is 0 Å². The third kappa shape index (κ3) is 3.36. The summed E-state index contributed by atoms with van der Waals surface area (Å²) in [5.74, 6) is 0. The molecule has 0 aliphatic rings. The standard InChI is InChI=1S/C11H19N3/c1-2-10(13)8-14-11-5-3-4-9(6-11)7-12/h3-6,10,14H,2,7-8,12-13H2,1H3. The van der Waals surface area contributed by atoms with Gasteiger partial charge in [-0.3, -0.25) is 0 Å². The van der Waals surface area contributed by atoms with Gasteiger partial charge in [0.2, 0.25) is 0 Å². The zero-order valence-electron chi connectivity index (χ0n) is 8.66. The van der Waals surface area contributed by atoms with E-state index in [-0.39, 0.29) is 6.04 Å². The average Bonchev–Trinajstić information content (AvgIpc) is 2.26. The molecule has 0 saturated heterocycles. The number of benzene rings is 1. The van der Waals surface area contributed by atoms with Crippen LogP contribution in [0.15, 0.2) is 24.3 Å². The van der Waals surface area contributed by atoms with Gasteiger partial charge in [0.05, 0.1) is 0 Å². The van der Waals surface area contributed by atoms with Crippen LogP contribution in [0.3, 0.4) is 0 Å². The number of hydrogen-bond acceptors (Lipinski definition) is 3. The molecule has 0 aliphatic heterocycles. The van der Waals surface area contributed by atoms with Crippen molar-refractivity contribution in [2.24, 2.45) is 11.5 Å². The first-order chi connectivity index (χ1) is 6.76. The molecular weight excluding hydrogens is 174 g/mol. The summed E-state index contributed by atoms with van der Waals surface area (Å²) < 4.78 is 0. The maximum absolute atomic E-state index is 5.80. The van der Waals surface area contributed by atoms with E-state index in [9.17, 15) is 0 Å². The van der Waals surface area contributed by atoms with Crippen LogP contribution >= 0.6 is 0 Å². The molecule has 14 heavy (non-hydrogen) atoms. The normalized spacial score (nSPS) is 12.5. The maximum atomic E-state index is 5.80. The first-order valence-electron chi connectivity index (χ1n) is 5.04. The van der Waals surface area contributed by atoms with E-state index in [0.29, 0.717) is 6.54 Å². The molecule has 1 unspecified atom stereocenters. The van der Waals surface area contributed by atoms with Gasteiger partial charge in [-0.15, -0.1) is 0 Å². The highest BCUT2D eigenvalue weighted by atomic mass is 14.9. The Hall–Kier alpha value is -1.06. The molecule has 1 aromatic carbocycles. The second-order valence-electron chi connectivity index (χ2n) is 3.45. The van der Waals surface area contributed by atoms with E-state index < -0.39 is 0 Å². The highest BCUT2D eigenvalue weighted by Crippen LogP contribution is 2.09. The van der Waals surface area contributed by atoms with Crippen molar-refractivity contribution in [2.45, 2.75) is 25.9 Å². The Kier molecular flexibility index (Phi) is 4.43. The van der Waals surface area contributed by atoms with Gasteiger partial charge in [0.1, 0.15) is 0 Å². The molecule has 5 N–H and O–H groups in total. The zero-order valence-corrected chi connectivity index (χ0v) is 8.66. The molecule has 0 heterocycles. The van der Waals surface area contributed by atoms with Gasteiger partial charge in [-0.25, -0.2) is 0 Å². The minimum Gasteiger partial charge on any atom is -0.383 e. The summed E-state index contributed by atoms with van der Waals surface area (Å²) in [6.45, 7) is 3.47. The number of hydrogen-bond donors (Lipinski definition) is 3. The van der Waals surface area contributed by atoms with Crippen molar-refractivity contribution in [1.29, 1.82) is 0 Å². The summed E-state index contributed by atoms with van der Waals surface area (Å²) >= 11 is 0. The lowest BCUT2D eigenvalue weighted by Crippen LogP contribution is -2.28. The van der Waals surface area contributed by atoms with E-state index >= 15 is 0 Å². The van der Waals surface area contributed by atoms with Gasteiger partial charge in [0.25, 0.3) is 0 Å². The molecule has 1 aromatic rings. The maximum Gasteiger partial charge on any atom is 0.0343 e. The van der Waals surface area contributed by atoms with Crippen LogP contribution in [0.4, 0.5) is 5.69 Å². The SMILES string of the molecule is CCC(N)CNc1cccc(CN)c1. The quantitative estimate of drug-likeness (QED) is 0.660. The third-order valence-corrected chi connectivity index (χ3v) is 2.26. The van der Waals surface area contributed by atoms with Crippen LogP contribution in [0.1, 0.15) is 18.9 Å². The van der Waals surface area contributed by atoms with Crippen molar-refractivity contribution >= 4 is 5.69 Å². The Balaban J connectivity index is 2.50. The van der Waals surface area contributed by atoms with Crippen molar-refractivity contribution in [2.75, 3.05) is 11.9 Å². The lowest BCUT2D eigenvalue weighted by Gasteiger charge is -2.11. The molecule has 3 nitrogen and oxygen atoms in total. The van der Waals surface area contributed by atoms with E-state index in [1.54, 1.807) is 0 Å².